The number of nitrogens with zero attached hydrogens (tertiary/aromatic N) is 4. The van der Waals surface area contributed by atoms with Gasteiger partial charge >= 0.3 is 0 Å². The summed E-state index contributed by atoms with van der Waals surface area (Å²) in [4.78, 5) is 14.9. The van der Waals surface area contributed by atoms with Gasteiger partial charge in [-0.05, 0) is 49.8 Å². The molecule has 2 heterocycles. The Hall–Kier alpha value is -0.750. The standard InChI is InChI=1S/C12H20ClN5S/c1-3-18(4-2)12-16-10(13)15-11(17-12)14-9-5-7-19-8-6-9/h9H,3-8H2,1-2H3,(H,14,15,16,17). The van der Waals surface area contributed by atoms with Crippen molar-refractivity contribution in [3.8, 4) is 0 Å². The van der Waals surface area contributed by atoms with Gasteiger partial charge in [0.1, 0.15) is 0 Å². The van der Waals surface area contributed by atoms with Gasteiger partial charge in [0.05, 0.1) is 0 Å². The highest BCUT2D eigenvalue weighted by molar-refractivity contribution is 7.99. The molecule has 1 N–H and O–H groups in total. The summed E-state index contributed by atoms with van der Waals surface area (Å²) in [7, 11) is 0. The first-order chi connectivity index (χ1) is 9.22. The summed E-state index contributed by atoms with van der Waals surface area (Å²) >= 11 is 7.99. The van der Waals surface area contributed by atoms with Crippen molar-refractivity contribution in [2.45, 2.75) is 32.7 Å². The van der Waals surface area contributed by atoms with E-state index < -0.39 is 0 Å². The Morgan fingerprint density at radius 1 is 1.21 bits per heavy atom. The fourth-order valence-corrected chi connectivity index (χ4v) is 3.34. The summed E-state index contributed by atoms with van der Waals surface area (Å²) in [5.41, 5.74) is 0. The van der Waals surface area contributed by atoms with E-state index >= 15 is 0 Å². The second-order valence-corrected chi connectivity index (χ2v) is 5.99. The first kappa shape index (κ1) is 14.7. The van der Waals surface area contributed by atoms with Crippen LogP contribution in [0.2, 0.25) is 5.28 Å². The van der Waals surface area contributed by atoms with Gasteiger partial charge in [-0.25, -0.2) is 0 Å². The molecule has 0 amide bonds. The summed E-state index contributed by atoms with van der Waals surface area (Å²) in [6, 6.07) is 0.448. The van der Waals surface area contributed by atoms with Crippen LogP contribution in [0.25, 0.3) is 0 Å². The third kappa shape index (κ3) is 4.11. The van der Waals surface area contributed by atoms with Crippen molar-refractivity contribution in [1.29, 1.82) is 0 Å². The van der Waals surface area contributed by atoms with E-state index in [4.69, 9.17) is 11.6 Å². The van der Waals surface area contributed by atoms with Crippen molar-refractivity contribution < 1.29 is 0 Å². The van der Waals surface area contributed by atoms with Crippen LogP contribution in [0.4, 0.5) is 11.9 Å². The molecule has 1 aliphatic rings. The summed E-state index contributed by atoms with van der Waals surface area (Å²) in [6.07, 6.45) is 2.29. The normalized spacial score (nSPS) is 16.4. The molecule has 5 nitrogen and oxygen atoms in total. The van der Waals surface area contributed by atoms with Gasteiger partial charge < -0.3 is 10.2 Å². The lowest BCUT2D eigenvalue weighted by molar-refractivity contribution is 0.658. The summed E-state index contributed by atoms with van der Waals surface area (Å²) in [5.74, 6) is 3.63. The average Bonchev–Trinajstić information content (AvgIpc) is 2.40. The molecule has 0 saturated carbocycles. The van der Waals surface area contributed by atoms with Crippen LogP contribution in [0.15, 0.2) is 0 Å². The molecule has 0 radical (unpaired) electrons. The second kappa shape index (κ2) is 7.14. The van der Waals surface area contributed by atoms with Crippen LogP contribution in [0.3, 0.4) is 0 Å². The predicted molar refractivity (Wildman–Crippen MR) is 82.4 cm³/mol. The largest absolute Gasteiger partial charge is 0.351 e. The Balaban J connectivity index is 2.11. The highest BCUT2D eigenvalue weighted by Crippen LogP contribution is 2.21. The predicted octanol–water partition coefficient (Wildman–Crippen LogP) is 2.68. The van der Waals surface area contributed by atoms with Gasteiger partial charge in [0.2, 0.25) is 17.2 Å². The zero-order valence-corrected chi connectivity index (χ0v) is 13.0. The summed E-state index contributed by atoms with van der Waals surface area (Å²) in [6.45, 7) is 5.87. The molecule has 0 unspecified atom stereocenters. The van der Waals surface area contributed by atoms with Gasteiger partial charge in [-0.2, -0.15) is 26.7 Å². The SMILES string of the molecule is CCN(CC)c1nc(Cl)nc(NC2CCSCC2)n1. The van der Waals surface area contributed by atoms with Crippen LogP contribution in [0, 0.1) is 0 Å². The number of hydrogen-bond acceptors (Lipinski definition) is 6. The highest BCUT2D eigenvalue weighted by atomic mass is 35.5. The van der Waals surface area contributed by atoms with E-state index in [1.165, 1.54) is 11.5 Å². The summed E-state index contributed by atoms with van der Waals surface area (Å²) in [5, 5.41) is 3.63. The van der Waals surface area contributed by atoms with E-state index in [9.17, 15) is 0 Å². The topological polar surface area (TPSA) is 53.9 Å². The Morgan fingerprint density at radius 3 is 2.53 bits per heavy atom. The third-order valence-electron chi connectivity index (χ3n) is 3.20. The number of hydrogen-bond donors (Lipinski definition) is 1. The molecule has 0 aromatic carbocycles. The van der Waals surface area contributed by atoms with Crippen molar-refractivity contribution in [2.24, 2.45) is 0 Å². The Kier molecular flexibility index (Phi) is 5.51. The van der Waals surface area contributed by atoms with Gasteiger partial charge in [-0.3, -0.25) is 0 Å². The smallest absolute Gasteiger partial charge is 0.231 e. The van der Waals surface area contributed by atoms with Gasteiger partial charge in [-0.1, -0.05) is 0 Å². The molecule has 0 bridgehead atoms. The molecule has 0 aliphatic carbocycles. The van der Waals surface area contributed by atoms with Crippen LogP contribution in [0.5, 0.6) is 0 Å². The summed E-state index contributed by atoms with van der Waals surface area (Å²) < 4.78 is 0. The van der Waals surface area contributed by atoms with Crippen LogP contribution in [-0.2, 0) is 0 Å². The minimum atomic E-state index is 0.254. The monoisotopic (exact) mass is 301 g/mol. The molecule has 0 spiro atoms. The lowest BCUT2D eigenvalue weighted by atomic mass is 10.2. The third-order valence-corrected chi connectivity index (χ3v) is 4.41. The second-order valence-electron chi connectivity index (χ2n) is 4.43. The average molecular weight is 302 g/mol. The zero-order valence-electron chi connectivity index (χ0n) is 11.4. The van der Waals surface area contributed by atoms with E-state index in [-0.39, 0.29) is 5.28 Å². The minimum Gasteiger partial charge on any atom is -0.351 e. The van der Waals surface area contributed by atoms with Gasteiger partial charge in [0.15, 0.2) is 0 Å². The van der Waals surface area contributed by atoms with Crippen LogP contribution >= 0.6 is 23.4 Å². The zero-order chi connectivity index (χ0) is 13.7. The number of halogens is 1. The Bertz CT molecular complexity index is 407. The van der Waals surface area contributed by atoms with E-state index in [1.54, 1.807) is 0 Å². The van der Waals surface area contributed by atoms with Crippen molar-refractivity contribution >= 4 is 35.3 Å². The first-order valence-electron chi connectivity index (χ1n) is 6.73. The van der Waals surface area contributed by atoms with Crippen LogP contribution in [0.1, 0.15) is 26.7 Å². The fraction of sp³-hybridized carbons (Fsp3) is 0.750. The molecule has 106 valence electrons. The first-order valence-corrected chi connectivity index (χ1v) is 8.27. The van der Waals surface area contributed by atoms with E-state index in [1.807, 2.05) is 11.8 Å². The molecule has 1 aromatic rings. The Morgan fingerprint density at radius 2 is 1.89 bits per heavy atom. The maximum Gasteiger partial charge on any atom is 0.231 e. The van der Waals surface area contributed by atoms with Crippen molar-refractivity contribution in [3.05, 3.63) is 5.28 Å². The molecule has 1 aromatic heterocycles. The number of rotatable bonds is 5. The van der Waals surface area contributed by atoms with Crippen molar-refractivity contribution in [3.63, 3.8) is 0 Å². The fourth-order valence-electron chi connectivity index (χ4n) is 2.08. The molecule has 1 fully saturated rings. The molecule has 19 heavy (non-hydrogen) atoms. The molecule has 1 saturated heterocycles. The number of nitrogens with one attached hydrogen (secondary N) is 1. The van der Waals surface area contributed by atoms with E-state index in [0.717, 1.165) is 25.9 Å². The van der Waals surface area contributed by atoms with Gasteiger partial charge in [0.25, 0.3) is 0 Å². The van der Waals surface area contributed by atoms with Gasteiger partial charge in [-0.15, -0.1) is 0 Å². The molecule has 2 rings (SSSR count). The molecular weight excluding hydrogens is 282 g/mol. The Labute approximate surface area is 123 Å². The lowest BCUT2D eigenvalue weighted by Crippen LogP contribution is -2.28. The van der Waals surface area contributed by atoms with E-state index in [0.29, 0.717) is 17.9 Å². The molecular formula is C12H20ClN5S. The minimum absolute atomic E-state index is 0.254. The number of aromatic nitrogens is 3. The number of anilines is 2. The van der Waals surface area contributed by atoms with Crippen LogP contribution in [-0.4, -0.2) is 45.6 Å². The maximum atomic E-state index is 5.99. The molecule has 1 aliphatic heterocycles. The van der Waals surface area contributed by atoms with Gasteiger partial charge in [0, 0.05) is 19.1 Å². The molecule has 7 heteroatoms. The van der Waals surface area contributed by atoms with Crippen molar-refractivity contribution in [2.75, 3.05) is 34.8 Å². The van der Waals surface area contributed by atoms with E-state index in [2.05, 4.69) is 39.0 Å². The lowest BCUT2D eigenvalue weighted by Gasteiger charge is -2.23. The van der Waals surface area contributed by atoms with Crippen molar-refractivity contribution in [1.82, 2.24) is 15.0 Å². The number of thioether (sulfide) groups is 1. The maximum absolute atomic E-state index is 5.99. The quantitative estimate of drug-likeness (QED) is 0.902. The highest BCUT2D eigenvalue weighted by Gasteiger charge is 2.16. The van der Waals surface area contributed by atoms with Crippen LogP contribution < -0.4 is 10.2 Å². The molecule has 0 atom stereocenters.